The van der Waals surface area contributed by atoms with Gasteiger partial charge in [0.2, 0.25) is 8.07 Å². The molecule has 4 aromatic carbocycles. The average Bonchev–Trinajstić information content (AvgIpc) is 3.22. The highest BCUT2D eigenvalue weighted by Crippen LogP contribution is 2.40. The molecule has 0 spiro atoms. The van der Waals surface area contributed by atoms with E-state index in [2.05, 4.69) is 337 Å². The number of halogens is 2. The summed E-state index contributed by atoms with van der Waals surface area (Å²) in [5.74, 6) is 6.91. The van der Waals surface area contributed by atoms with E-state index in [0.29, 0.717) is 6.54 Å². The molecule has 4 rings (SSSR count). The van der Waals surface area contributed by atoms with Crippen LogP contribution in [-0.4, -0.2) is 51.4 Å². The van der Waals surface area contributed by atoms with E-state index in [1.54, 1.807) is 0 Å². The Morgan fingerprint density at radius 1 is 0.449 bits per heavy atom. The molecule has 0 heterocycles. The van der Waals surface area contributed by atoms with Crippen LogP contribution >= 0.6 is 38.5 Å². The average molecular weight is 1150 g/mol. The van der Waals surface area contributed by atoms with Gasteiger partial charge in [-0.15, -0.1) is 11.1 Å². The molecule has 8 heteroatoms. The zero-order valence-electron chi connectivity index (χ0n) is 47.2. The second-order valence-electron chi connectivity index (χ2n) is 24.4. The first kappa shape index (κ1) is 64.5. The van der Waals surface area contributed by atoms with Gasteiger partial charge in [-0.2, -0.15) is 0 Å². The fraction of sp³-hybridized carbons (Fsp3) is 0.541. The van der Waals surface area contributed by atoms with E-state index in [4.69, 9.17) is 0 Å². The van der Waals surface area contributed by atoms with Crippen LogP contribution in [0, 0.1) is 26.5 Å². The van der Waals surface area contributed by atoms with Gasteiger partial charge in [-0.3, -0.25) is 0 Å². The summed E-state index contributed by atoms with van der Waals surface area (Å²) in [7, 11) is -3.77. The third-order valence-electron chi connectivity index (χ3n) is 11.9. The lowest BCUT2D eigenvalue weighted by Crippen LogP contribution is -2.63. The fourth-order valence-corrected chi connectivity index (χ4v) is 18.5. The Morgan fingerprint density at radius 2 is 0.768 bits per heavy atom. The van der Waals surface area contributed by atoms with Gasteiger partial charge < -0.3 is 21.3 Å². The van der Waals surface area contributed by atoms with E-state index in [1.807, 2.05) is 0 Å². The van der Waals surface area contributed by atoms with Crippen LogP contribution in [0.4, 0.5) is 0 Å². The molecule has 0 aliphatic heterocycles. The predicted molar refractivity (Wildman–Crippen MR) is 326 cm³/mol. The summed E-state index contributed by atoms with van der Waals surface area (Å²) in [4.78, 5) is 0. The number of benzene rings is 4. The number of hydrogen-bond acceptors (Lipinski definition) is 4. The SMILES string of the molecule is CC(C)(C)NCC#C[Si](c1ccccc1)(c1ccccc1)C(C)(C)C.CC(C)(C)NCc1ccc(Br)cc1.CC(C)(C)NCc1ccc(I)cc1.CC(C)[Si](C#CCNC(C)(C)C)(C(C)C)C(C)C. The Kier molecular flexibility index (Phi) is 27.3. The van der Waals surface area contributed by atoms with Crippen molar-refractivity contribution in [2.75, 3.05) is 13.1 Å². The number of nitrogens with one attached hydrogen (secondary N) is 4. The Morgan fingerprint density at radius 3 is 1.07 bits per heavy atom. The summed E-state index contributed by atoms with van der Waals surface area (Å²) < 4.78 is 2.42. The van der Waals surface area contributed by atoms with Gasteiger partial charge in [-0.05, 0) is 173 Å². The first-order chi connectivity index (χ1) is 31.6. The molecule has 0 aliphatic rings. The highest BCUT2D eigenvalue weighted by Gasteiger charge is 2.47. The topological polar surface area (TPSA) is 48.1 Å². The van der Waals surface area contributed by atoms with Crippen molar-refractivity contribution in [3.8, 4) is 22.9 Å². The Labute approximate surface area is 449 Å². The van der Waals surface area contributed by atoms with E-state index < -0.39 is 16.1 Å². The lowest BCUT2D eigenvalue weighted by atomic mass is 10.1. The molecule has 0 atom stereocenters. The zero-order valence-corrected chi connectivity index (χ0v) is 53.0. The second kappa shape index (κ2) is 29.3. The first-order valence-electron chi connectivity index (χ1n) is 25.3. The second-order valence-corrected chi connectivity index (χ2v) is 36.5. The molecule has 382 valence electrons. The summed E-state index contributed by atoms with van der Waals surface area (Å²) >= 11 is 5.74. The maximum atomic E-state index is 3.80. The van der Waals surface area contributed by atoms with E-state index in [1.165, 1.54) is 25.1 Å². The fourth-order valence-electron chi connectivity index (χ4n) is 8.11. The van der Waals surface area contributed by atoms with Crippen molar-refractivity contribution in [2.45, 2.75) is 202 Å². The molecule has 4 nitrogen and oxygen atoms in total. The van der Waals surface area contributed by atoms with E-state index in [0.717, 1.165) is 40.7 Å². The largest absolute Gasteiger partial charge is 0.308 e. The lowest BCUT2D eigenvalue weighted by Gasteiger charge is -2.39. The van der Waals surface area contributed by atoms with Crippen LogP contribution < -0.4 is 31.6 Å². The molecule has 0 amide bonds. The molecule has 0 aromatic heterocycles. The van der Waals surface area contributed by atoms with E-state index >= 15 is 0 Å². The van der Waals surface area contributed by atoms with Gasteiger partial charge in [-0.25, -0.2) is 0 Å². The highest BCUT2D eigenvalue weighted by molar-refractivity contribution is 14.1. The molecule has 4 N–H and O–H groups in total. The molecule has 0 saturated heterocycles. The lowest BCUT2D eigenvalue weighted by molar-refractivity contribution is 0.424. The third-order valence-corrected chi connectivity index (χ3v) is 24.7. The van der Waals surface area contributed by atoms with Crippen molar-refractivity contribution in [3.05, 3.63) is 128 Å². The van der Waals surface area contributed by atoms with Crippen LogP contribution in [0.1, 0.15) is 157 Å². The van der Waals surface area contributed by atoms with Crippen molar-refractivity contribution >= 4 is 65.0 Å². The smallest absolute Gasteiger partial charge is 0.204 e. The Balaban J connectivity index is 0.000000479. The van der Waals surface area contributed by atoms with Crippen molar-refractivity contribution in [1.82, 2.24) is 21.3 Å². The zero-order chi connectivity index (χ0) is 52.9. The van der Waals surface area contributed by atoms with Crippen molar-refractivity contribution < 1.29 is 0 Å². The number of hydrogen-bond donors (Lipinski definition) is 4. The minimum Gasteiger partial charge on any atom is -0.308 e. The summed E-state index contributed by atoms with van der Waals surface area (Å²) in [5.41, 5.74) is 13.0. The van der Waals surface area contributed by atoms with Crippen LogP contribution in [0.25, 0.3) is 0 Å². The molecule has 69 heavy (non-hydrogen) atoms. The molecule has 0 saturated carbocycles. The van der Waals surface area contributed by atoms with Gasteiger partial charge in [0, 0.05) is 43.3 Å². The molecule has 0 unspecified atom stereocenters. The van der Waals surface area contributed by atoms with Gasteiger partial charge in [0.15, 0.2) is 0 Å². The summed E-state index contributed by atoms with van der Waals surface area (Å²) in [6.07, 6.45) is 0. The maximum Gasteiger partial charge on any atom is 0.204 e. The van der Waals surface area contributed by atoms with Gasteiger partial charge in [-0.1, -0.05) is 175 Å². The maximum absolute atomic E-state index is 3.80. The van der Waals surface area contributed by atoms with E-state index in [-0.39, 0.29) is 27.2 Å². The Bertz CT molecular complexity index is 2030. The third kappa shape index (κ3) is 25.1. The molecular formula is C61H96BrIN4Si2. The van der Waals surface area contributed by atoms with E-state index in [9.17, 15) is 0 Å². The minimum atomic E-state index is -2.25. The Hall–Kier alpha value is -2.52. The molecule has 0 radical (unpaired) electrons. The van der Waals surface area contributed by atoms with Gasteiger partial charge in [0.05, 0.1) is 13.1 Å². The molecule has 4 aromatic rings. The van der Waals surface area contributed by atoms with Crippen LogP contribution in [0.3, 0.4) is 0 Å². The van der Waals surface area contributed by atoms with Gasteiger partial charge in [0.25, 0.3) is 0 Å². The van der Waals surface area contributed by atoms with Crippen molar-refractivity contribution in [3.63, 3.8) is 0 Å². The molecular weight excluding hydrogens is 1050 g/mol. The van der Waals surface area contributed by atoms with Crippen molar-refractivity contribution in [2.24, 2.45) is 0 Å². The highest BCUT2D eigenvalue weighted by atomic mass is 127. The normalized spacial score (nSPS) is 12.3. The minimum absolute atomic E-state index is 0.0835. The van der Waals surface area contributed by atoms with Gasteiger partial charge in [0.1, 0.15) is 8.07 Å². The molecule has 0 aliphatic carbocycles. The number of rotatable bonds is 11. The summed E-state index contributed by atoms with van der Waals surface area (Å²) in [5, 5.41) is 16.7. The van der Waals surface area contributed by atoms with Crippen molar-refractivity contribution in [1.29, 1.82) is 0 Å². The molecule has 0 fully saturated rings. The summed E-state index contributed by atoms with van der Waals surface area (Å²) in [6, 6.07) is 38.8. The first-order valence-corrected chi connectivity index (χ1v) is 31.4. The monoisotopic (exact) mass is 1150 g/mol. The van der Waals surface area contributed by atoms with Crippen LogP contribution in [0.2, 0.25) is 21.7 Å². The van der Waals surface area contributed by atoms with Crippen LogP contribution in [0.15, 0.2) is 114 Å². The van der Waals surface area contributed by atoms with Crippen LogP contribution in [-0.2, 0) is 13.1 Å². The predicted octanol–water partition coefficient (Wildman–Crippen LogP) is 15.1. The molecule has 0 bridgehead atoms. The standard InChI is InChI=1S/C23H31NSi.C16H33NSi.C11H16BrN.C11H16IN/c1-22(2,3)24-18-13-19-25(23(4,5)6,20-14-9-7-10-15-20)21-16-11-8-12-17-21;1-13(2)18(14(3)4,15(5)6)12-10-11-17-16(7,8)9;2*1-11(2,3)13-8-9-4-6-10(12)7-5-9/h7-12,14-17,24H,18H2,1-6H3;13-15,17H,11H2,1-9H3;2*4-7,13H,8H2,1-3H3. The quantitative estimate of drug-likeness (QED) is 0.0687. The van der Waals surface area contributed by atoms with Crippen LogP contribution in [0.5, 0.6) is 0 Å². The summed E-state index contributed by atoms with van der Waals surface area (Å²) in [6.45, 7) is 50.7. The van der Waals surface area contributed by atoms with Gasteiger partial charge >= 0.3 is 0 Å².